The largest absolute Gasteiger partial charge is 0.493 e. The third-order valence-corrected chi connectivity index (χ3v) is 3.96. The van der Waals surface area contributed by atoms with Crippen molar-refractivity contribution in [3.63, 3.8) is 0 Å². The summed E-state index contributed by atoms with van der Waals surface area (Å²) in [4.78, 5) is 11.2. The number of carbonyl (C=O) groups excluding carboxylic acids is 1. The summed E-state index contributed by atoms with van der Waals surface area (Å²) in [5.41, 5.74) is 9.83. The first-order valence-corrected chi connectivity index (χ1v) is 8.65. The molecule has 2 aromatic rings. The van der Waals surface area contributed by atoms with Crippen LogP contribution in [0.5, 0.6) is 11.5 Å². The molecule has 0 radical (unpaired) electrons. The lowest BCUT2D eigenvalue weighted by Crippen LogP contribution is -2.62. The van der Waals surface area contributed by atoms with Gasteiger partial charge in [-0.1, -0.05) is 23.7 Å². The Balaban J connectivity index is 1.59. The molecule has 2 amide bonds. The van der Waals surface area contributed by atoms with Crippen molar-refractivity contribution in [2.75, 3.05) is 13.7 Å². The van der Waals surface area contributed by atoms with E-state index in [2.05, 4.69) is 26.7 Å². The average Bonchev–Trinajstić information content (AvgIpc) is 2.67. The Bertz CT molecular complexity index is 830. The Labute approximate surface area is 161 Å². The summed E-state index contributed by atoms with van der Waals surface area (Å²) >= 11 is 5.99. The number of carbonyl (C=O) groups is 1. The summed E-state index contributed by atoms with van der Waals surface area (Å²) in [6.45, 7) is 0.886. The SMILES string of the molecule is COc1cc(/C=N/NC2CNNC(=O)N2)ccc1OCc1cccc(Cl)c1. The fraction of sp³-hybridized carbons (Fsp3) is 0.222. The molecule has 1 aliphatic heterocycles. The van der Waals surface area contributed by atoms with Gasteiger partial charge in [-0.25, -0.2) is 10.2 Å². The van der Waals surface area contributed by atoms with E-state index in [-0.39, 0.29) is 12.2 Å². The number of hydrazone groups is 1. The molecule has 1 aliphatic rings. The van der Waals surface area contributed by atoms with Gasteiger partial charge in [-0.3, -0.25) is 10.9 Å². The van der Waals surface area contributed by atoms with Gasteiger partial charge in [0.15, 0.2) is 11.5 Å². The minimum atomic E-state index is -0.308. The lowest BCUT2D eigenvalue weighted by Gasteiger charge is -2.24. The summed E-state index contributed by atoms with van der Waals surface area (Å²) < 4.78 is 11.2. The van der Waals surface area contributed by atoms with Crippen LogP contribution in [0.2, 0.25) is 5.02 Å². The number of hydrazine groups is 1. The zero-order valence-corrected chi connectivity index (χ0v) is 15.4. The van der Waals surface area contributed by atoms with Crippen LogP contribution in [0.15, 0.2) is 47.6 Å². The van der Waals surface area contributed by atoms with Crippen molar-refractivity contribution in [1.82, 2.24) is 21.6 Å². The van der Waals surface area contributed by atoms with Gasteiger partial charge in [0.1, 0.15) is 12.8 Å². The molecule has 27 heavy (non-hydrogen) atoms. The van der Waals surface area contributed by atoms with Crippen LogP contribution < -0.4 is 31.1 Å². The van der Waals surface area contributed by atoms with Crippen LogP contribution >= 0.6 is 11.6 Å². The molecule has 4 N–H and O–H groups in total. The highest BCUT2D eigenvalue weighted by molar-refractivity contribution is 6.30. The molecule has 0 bridgehead atoms. The van der Waals surface area contributed by atoms with E-state index in [1.165, 1.54) is 0 Å². The third-order valence-electron chi connectivity index (χ3n) is 3.73. The molecule has 1 saturated heterocycles. The number of benzene rings is 2. The predicted molar refractivity (Wildman–Crippen MR) is 103 cm³/mol. The maximum absolute atomic E-state index is 11.2. The Morgan fingerprint density at radius 3 is 2.96 bits per heavy atom. The second kappa shape index (κ2) is 9.11. The fourth-order valence-corrected chi connectivity index (χ4v) is 2.64. The second-order valence-electron chi connectivity index (χ2n) is 5.75. The van der Waals surface area contributed by atoms with Crippen molar-refractivity contribution in [2.45, 2.75) is 12.8 Å². The number of halogens is 1. The third kappa shape index (κ3) is 5.50. The monoisotopic (exact) mass is 389 g/mol. The molecule has 1 heterocycles. The number of amides is 2. The summed E-state index contributed by atoms with van der Waals surface area (Å²) in [7, 11) is 1.58. The van der Waals surface area contributed by atoms with Gasteiger partial charge in [-0.05, 0) is 41.5 Å². The van der Waals surface area contributed by atoms with Gasteiger partial charge < -0.3 is 14.8 Å². The van der Waals surface area contributed by atoms with E-state index in [4.69, 9.17) is 21.1 Å². The van der Waals surface area contributed by atoms with E-state index in [9.17, 15) is 4.79 Å². The Morgan fingerprint density at radius 2 is 2.19 bits per heavy atom. The minimum Gasteiger partial charge on any atom is -0.493 e. The number of methoxy groups -OCH3 is 1. The first kappa shape index (κ1) is 18.8. The molecule has 2 aromatic carbocycles. The van der Waals surface area contributed by atoms with Crippen LogP contribution in [-0.4, -0.2) is 32.1 Å². The lowest BCUT2D eigenvalue weighted by molar-refractivity contribution is 0.217. The number of rotatable bonds is 7. The first-order chi connectivity index (χ1) is 13.1. The summed E-state index contributed by atoms with van der Waals surface area (Å²) in [6.07, 6.45) is 1.34. The van der Waals surface area contributed by atoms with Crippen LogP contribution in [0.3, 0.4) is 0 Å². The molecule has 1 atom stereocenters. The van der Waals surface area contributed by atoms with Crippen LogP contribution in [-0.2, 0) is 6.61 Å². The zero-order valence-electron chi connectivity index (χ0n) is 14.7. The van der Waals surface area contributed by atoms with Gasteiger partial charge in [-0.15, -0.1) is 0 Å². The number of urea groups is 1. The highest BCUT2D eigenvalue weighted by atomic mass is 35.5. The lowest BCUT2D eigenvalue weighted by atomic mass is 10.2. The van der Waals surface area contributed by atoms with Crippen molar-refractivity contribution < 1.29 is 14.3 Å². The number of ether oxygens (including phenoxy) is 2. The minimum absolute atomic E-state index is 0.294. The van der Waals surface area contributed by atoms with Crippen LogP contribution in [0.1, 0.15) is 11.1 Å². The Morgan fingerprint density at radius 1 is 1.30 bits per heavy atom. The van der Waals surface area contributed by atoms with Crippen molar-refractivity contribution >= 4 is 23.8 Å². The van der Waals surface area contributed by atoms with E-state index >= 15 is 0 Å². The number of hydrogen-bond donors (Lipinski definition) is 4. The first-order valence-electron chi connectivity index (χ1n) is 8.27. The molecule has 0 aromatic heterocycles. The highest BCUT2D eigenvalue weighted by Gasteiger charge is 2.15. The Hall–Kier alpha value is -2.97. The van der Waals surface area contributed by atoms with Gasteiger partial charge >= 0.3 is 6.03 Å². The maximum atomic E-state index is 11.2. The van der Waals surface area contributed by atoms with Gasteiger partial charge in [-0.2, -0.15) is 5.10 Å². The highest BCUT2D eigenvalue weighted by Crippen LogP contribution is 2.28. The topological polar surface area (TPSA) is 96.0 Å². The maximum Gasteiger partial charge on any atom is 0.330 e. The van der Waals surface area contributed by atoms with E-state index in [0.717, 1.165) is 11.1 Å². The second-order valence-corrected chi connectivity index (χ2v) is 6.18. The molecular formula is C18H20ClN5O3. The van der Waals surface area contributed by atoms with Crippen LogP contribution in [0, 0.1) is 0 Å². The van der Waals surface area contributed by atoms with Crippen molar-refractivity contribution in [2.24, 2.45) is 5.10 Å². The normalized spacial score (nSPS) is 16.5. The zero-order chi connectivity index (χ0) is 19.1. The predicted octanol–water partition coefficient (Wildman–Crippen LogP) is 1.99. The summed E-state index contributed by atoms with van der Waals surface area (Å²) in [5, 5.41) is 7.49. The molecule has 0 saturated carbocycles. The smallest absolute Gasteiger partial charge is 0.330 e. The molecule has 9 heteroatoms. The number of hydrogen-bond acceptors (Lipinski definition) is 6. The van der Waals surface area contributed by atoms with Gasteiger partial charge in [0.2, 0.25) is 0 Å². The molecule has 0 aliphatic carbocycles. The molecule has 3 rings (SSSR count). The molecule has 1 fully saturated rings. The van der Waals surface area contributed by atoms with Crippen molar-refractivity contribution in [3.8, 4) is 11.5 Å². The van der Waals surface area contributed by atoms with Crippen LogP contribution in [0.4, 0.5) is 4.79 Å². The van der Waals surface area contributed by atoms with E-state index in [1.54, 1.807) is 13.3 Å². The molecular weight excluding hydrogens is 370 g/mol. The quantitative estimate of drug-likeness (QED) is 0.429. The number of nitrogens with zero attached hydrogens (tertiary/aromatic N) is 1. The van der Waals surface area contributed by atoms with Crippen LogP contribution in [0.25, 0.3) is 0 Å². The fourth-order valence-electron chi connectivity index (χ4n) is 2.43. The standard InChI is InChI=1S/C18H20ClN5O3/c1-26-16-8-12(9-20-23-17-10-21-24-18(25)22-17)5-6-15(16)27-11-13-3-2-4-14(19)7-13/h2-9,17,21,23H,10-11H2,1H3,(H2,22,24,25)/b20-9+. The van der Waals surface area contributed by atoms with Gasteiger partial charge in [0.25, 0.3) is 0 Å². The van der Waals surface area contributed by atoms with E-state index in [1.807, 2.05) is 42.5 Å². The van der Waals surface area contributed by atoms with Gasteiger partial charge in [0, 0.05) is 5.02 Å². The van der Waals surface area contributed by atoms with E-state index in [0.29, 0.717) is 29.7 Å². The average molecular weight is 390 g/mol. The summed E-state index contributed by atoms with van der Waals surface area (Å²) in [6, 6.07) is 12.7. The molecule has 142 valence electrons. The Kier molecular flexibility index (Phi) is 6.35. The molecule has 8 nitrogen and oxygen atoms in total. The van der Waals surface area contributed by atoms with Crippen molar-refractivity contribution in [3.05, 3.63) is 58.6 Å². The van der Waals surface area contributed by atoms with Gasteiger partial charge in [0.05, 0.1) is 19.9 Å². The molecule has 0 spiro atoms. The summed E-state index contributed by atoms with van der Waals surface area (Å²) in [5.74, 6) is 1.22. The number of nitrogens with one attached hydrogen (secondary N) is 4. The molecule has 1 unspecified atom stereocenters. The van der Waals surface area contributed by atoms with Crippen molar-refractivity contribution in [1.29, 1.82) is 0 Å². The van der Waals surface area contributed by atoms with E-state index < -0.39 is 0 Å².